The van der Waals surface area contributed by atoms with Crippen LogP contribution in [0.4, 0.5) is 5.69 Å². The van der Waals surface area contributed by atoms with Gasteiger partial charge in [-0.25, -0.2) is 0 Å². The summed E-state index contributed by atoms with van der Waals surface area (Å²) in [7, 11) is 0. The van der Waals surface area contributed by atoms with Crippen LogP contribution < -0.4 is 5.32 Å². The van der Waals surface area contributed by atoms with E-state index >= 15 is 0 Å². The zero-order valence-corrected chi connectivity index (χ0v) is 15.0. The number of anilines is 1. The number of benzene rings is 3. The lowest BCUT2D eigenvalue weighted by atomic mass is 10.0. The summed E-state index contributed by atoms with van der Waals surface area (Å²) in [6, 6.07) is 24.7. The van der Waals surface area contributed by atoms with Crippen LogP contribution in [0, 0.1) is 11.3 Å². The Morgan fingerprint density at radius 1 is 0.964 bits per heavy atom. The van der Waals surface area contributed by atoms with Crippen LogP contribution in [0.15, 0.2) is 78.9 Å². The molecule has 0 aliphatic carbocycles. The van der Waals surface area contributed by atoms with Gasteiger partial charge in [0.1, 0.15) is 12.1 Å². The van der Waals surface area contributed by atoms with Crippen molar-refractivity contribution in [3.8, 4) is 6.07 Å². The lowest BCUT2D eigenvalue weighted by Crippen LogP contribution is -2.37. The third-order valence-electron chi connectivity index (χ3n) is 4.83. The Morgan fingerprint density at radius 2 is 1.64 bits per heavy atom. The maximum atomic E-state index is 13.3. The standard InChI is InChI=1S/C23H17N3O2/c24-14-17-10-5-7-13-20(17)25-22(27)21(16-8-2-1-3-9-16)26-15-18-11-4-6-12-19(18)23(26)28/h1-13,21H,15H2,(H,25,27)/t21-/m1/s1. The number of carbonyl (C=O) groups excluding carboxylic acids is 2. The largest absolute Gasteiger partial charge is 0.323 e. The highest BCUT2D eigenvalue weighted by molar-refractivity contribution is 6.04. The second-order valence-electron chi connectivity index (χ2n) is 6.55. The van der Waals surface area contributed by atoms with E-state index in [0.29, 0.717) is 23.4 Å². The number of fused-ring (bicyclic) bond motifs is 1. The number of nitrogens with one attached hydrogen (secondary N) is 1. The molecule has 0 spiro atoms. The summed E-state index contributed by atoms with van der Waals surface area (Å²) in [5.41, 5.74) is 3.04. The molecule has 1 heterocycles. The molecule has 3 aromatic carbocycles. The first-order valence-corrected chi connectivity index (χ1v) is 8.93. The third kappa shape index (κ3) is 3.12. The van der Waals surface area contributed by atoms with E-state index < -0.39 is 6.04 Å². The molecule has 136 valence electrons. The molecule has 5 nitrogen and oxygen atoms in total. The van der Waals surface area contributed by atoms with Gasteiger partial charge in [-0.3, -0.25) is 9.59 Å². The summed E-state index contributed by atoms with van der Waals surface area (Å²) in [6.07, 6.45) is 0. The summed E-state index contributed by atoms with van der Waals surface area (Å²) in [4.78, 5) is 27.8. The smallest absolute Gasteiger partial charge is 0.255 e. The van der Waals surface area contributed by atoms with Gasteiger partial charge in [-0.2, -0.15) is 5.26 Å². The van der Waals surface area contributed by atoms with Crippen molar-refractivity contribution in [2.75, 3.05) is 5.32 Å². The molecule has 0 unspecified atom stereocenters. The van der Waals surface area contributed by atoms with E-state index in [9.17, 15) is 14.9 Å². The number of amides is 2. The zero-order chi connectivity index (χ0) is 19.5. The number of hydrogen-bond donors (Lipinski definition) is 1. The van der Waals surface area contributed by atoms with E-state index in [-0.39, 0.29) is 11.8 Å². The minimum Gasteiger partial charge on any atom is -0.323 e. The van der Waals surface area contributed by atoms with Gasteiger partial charge >= 0.3 is 0 Å². The highest BCUT2D eigenvalue weighted by Crippen LogP contribution is 2.32. The third-order valence-corrected chi connectivity index (χ3v) is 4.83. The van der Waals surface area contributed by atoms with Gasteiger partial charge in [-0.1, -0.05) is 60.7 Å². The highest BCUT2D eigenvalue weighted by atomic mass is 16.2. The molecule has 5 heteroatoms. The molecule has 0 bridgehead atoms. The van der Waals surface area contributed by atoms with Gasteiger partial charge in [0, 0.05) is 12.1 Å². The van der Waals surface area contributed by atoms with Crippen LogP contribution in [0.1, 0.15) is 33.1 Å². The van der Waals surface area contributed by atoms with E-state index in [1.807, 2.05) is 48.5 Å². The zero-order valence-electron chi connectivity index (χ0n) is 15.0. The molecular weight excluding hydrogens is 350 g/mol. The number of para-hydroxylation sites is 1. The summed E-state index contributed by atoms with van der Waals surface area (Å²) < 4.78 is 0. The molecule has 2 amide bonds. The normalized spacial score (nSPS) is 13.5. The van der Waals surface area contributed by atoms with Crippen molar-refractivity contribution in [1.29, 1.82) is 5.26 Å². The number of nitriles is 1. The van der Waals surface area contributed by atoms with Crippen LogP contribution in [-0.4, -0.2) is 16.7 Å². The van der Waals surface area contributed by atoms with Crippen LogP contribution >= 0.6 is 0 Å². The molecule has 1 aliphatic rings. The molecule has 0 radical (unpaired) electrons. The first kappa shape index (κ1) is 17.5. The molecule has 28 heavy (non-hydrogen) atoms. The quantitative estimate of drug-likeness (QED) is 0.760. The lowest BCUT2D eigenvalue weighted by Gasteiger charge is -2.27. The first-order valence-electron chi connectivity index (χ1n) is 8.93. The number of carbonyl (C=O) groups is 2. The van der Waals surface area contributed by atoms with Crippen LogP contribution in [-0.2, 0) is 11.3 Å². The van der Waals surface area contributed by atoms with Crippen molar-refractivity contribution in [3.05, 3.63) is 101 Å². The second-order valence-corrected chi connectivity index (χ2v) is 6.55. The number of rotatable bonds is 4. The van der Waals surface area contributed by atoms with E-state index in [1.165, 1.54) is 0 Å². The maximum Gasteiger partial charge on any atom is 0.255 e. The van der Waals surface area contributed by atoms with E-state index in [2.05, 4.69) is 11.4 Å². The van der Waals surface area contributed by atoms with Crippen molar-refractivity contribution >= 4 is 17.5 Å². The monoisotopic (exact) mass is 367 g/mol. The van der Waals surface area contributed by atoms with Crippen molar-refractivity contribution in [3.63, 3.8) is 0 Å². The summed E-state index contributed by atoms with van der Waals surface area (Å²) in [5.74, 6) is -0.525. The Labute approximate surface area is 162 Å². The molecule has 0 saturated carbocycles. The fourth-order valence-electron chi connectivity index (χ4n) is 3.48. The van der Waals surface area contributed by atoms with Crippen LogP contribution in [0.3, 0.4) is 0 Å². The minimum absolute atomic E-state index is 0.173. The van der Waals surface area contributed by atoms with E-state index in [1.54, 1.807) is 35.2 Å². The topological polar surface area (TPSA) is 73.2 Å². The SMILES string of the molecule is N#Cc1ccccc1NC(=O)[C@@H](c1ccccc1)N1Cc2ccccc2C1=O. The van der Waals surface area contributed by atoms with Gasteiger partial charge in [-0.05, 0) is 29.3 Å². The predicted molar refractivity (Wildman–Crippen MR) is 105 cm³/mol. The average molecular weight is 367 g/mol. The first-order chi connectivity index (χ1) is 13.7. The van der Waals surface area contributed by atoms with Crippen molar-refractivity contribution in [1.82, 2.24) is 4.90 Å². The molecule has 0 aromatic heterocycles. The lowest BCUT2D eigenvalue weighted by molar-refractivity contribution is -0.120. The van der Waals surface area contributed by atoms with Gasteiger partial charge in [0.25, 0.3) is 11.8 Å². The fourth-order valence-corrected chi connectivity index (χ4v) is 3.48. The van der Waals surface area contributed by atoms with Gasteiger partial charge < -0.3 is 10.2 Å². The Morgan fingerprint density at radius 3 is 2.39 bits per heavy atom. The van der Waals surface area contributed by atoms with Crippen LogP contribution in [0.5, 0.6) is 0 Å². The molecule has 1 N–H and O–H groups in total. The molecule has 1 atom stereocenters. The molecule has 0 saturated heterocycles. The predicted octanol–water partition coefficient (Wildman–Crippen LogP) is 3.89. The summed E-state index contributed by atoms with van der Waals surface area (Å²) >= 11 is 0. The summed E-state index contributed by atoms with van der Waals surface area (Å²) in [6.45, 7) is 0.363. The molecule has 3 aromatic rings. The molecule has 0 fully saturated rings. The number of hydrogen-bond acceptors (Lipinski definition) is 3. The highest BCUT2D eigenvalue weighted by Gasteiger charge is 2.37. The van der Waals surface area contributed by atoms with Gasteiger partial charge in [0.15, 0.2) is 0 Å². The van der Waals surface area contributed by atoms with Crippen molar-refractivity contribution in [2.24, 2.45) is 0 Å². The Hall–Kier alpha value is -3.91. The number of nitrogens with zero attached hydrogens (tertiary/aromatic N) is 2. The van der Waals surface area contributed by atoms with Crippen LogP contribution in [0.25, 0.3) is 0 Å². The van der Waals surface area contributed by atoms with Crippen molar-refractivity contribution < 1.29 is 9.59 Å². The second kappa shape index (κ2) is 7.37. The van der Waals surface area contributed by atoms with Crippen LogP contribution in [0.2, 0.25) is 0 Å². The molecule has 1 aliphatic heterocycles. The average Bonchev–Trinajstić information content (AvgIpc) is 3.06. The van der Waals surface area contributed by atoms with Gasteiger partial charge in [-0.15, -0.1) is 0 Å². The summed E-state index contributed by atoms with van der Waals surface area (Å²) in [5, 5.41) is 12.1. The molecular formula is C23H17N3O2. The molecule has 4 rings (SSSR count). The van der Waals surface area contributed by atoms with Crippen molar-refractivity contribution in [2.45, 2.75) is 12.6 Å². The Balaban J connectivity index is 1.71. The van der Waals surface area contributed by atoms with Gasteiger partial charge in [0.2, 0.25) is 0 Å². The fraction of sp³-hybridized carbons (Fsp3) is 0.0870. The Bertz CT molecular complexity index is 1090. The minimum atomic E-state index is -0.798. The maximum absolute atomic E-state index is 13.3. The van der Waals surface area contributed by atoms with Gasteiger partial charge in [0.05, 0.1) is 11.3 Å². The Kier molecular flexibility index (Phi) is 4.61. The van der Waals surface area contributed by atoms with E-state index in [0.717, 1.165) is 11.1 Å². The van der Waals surface area contributed by atoms with E-state index in [4.69, 9.17) is 0 Å².